The van der Waals surface area contributed by atoms with E-state index in [1.807, 2.05) is 201 Å². The average Bonchev–Trinajstić information content (AvgIpc) is 1.63. The van der Waals surface area contributed by atoms with Crippen molar-refractivity contribution in [2.24, 2.45) is 17.8 Å². The number of fused-ring (bicyclic) bond motifs is 1. The second-order valence-electron chi connectivity index (χ2n) is 45.1. The molecule has 12 unspecified atom stereocenters. The van der Waals surface area contributed by atoms with Gasteiger partial charge in [0.05, 0.1) is 97.9 Å². The van der Waals surface area contributed by atoms with Crippen molar-refractivity contribution in [2.45, 2.75) is 331 Å². The van der Waals surface area contributed by atoms with Crippen LogP contribution >= 0.6 is 34.3 Å². The normalized spacial score (nSPS) is 19.3. The van der Waals surface area contributed by atoms with E-state index in [2.05, 4.69) is 113 Å². The van der Waals surface area contributed by atoms with Crippen LogP contribution < -0.4 is 10.6 Å². The van der Waals surface area contributed by atoms with E-state index in [1.165, 1.54) is 9.80 Å². The SMILES string of the molecule is CCC(C(=O)N1CC(O)CC1C(=O)CCc1ccc(-c2scnc2C)cc1)c1cc(C(C)(C)C)no1.Cc1cc(C(C(=O)N2CC(O)CC2C(=O)NCc2ccc(Cl)cc2C(C)(C)C)C(C)C)on1.Cc1ncsc1-c1ccc(CCC(=O)C2CC(O)CN2C(=O)C(c2cc(C(C)(C)C)no2)C(C)C)cc1.Cc1oncc1-c1ccc(CNC(=O)C2CC(O)CN2C(=O)C(C(C)C)N2Cc3ccccc3C2=O)c(C(C)(C)C)c1. The maximum Gasteiger partial charge on any atom is 0.255 e. The number of thiazole rings is 2. The third-order valence-corrected chi connectivity index (χ3v) is 30.6. The molecule has 5 aliphatic heterocycles. The molecule has 5 aromatic carbocycles. The summed E-state index contributed by atoms with van der Waals surface area (Å²) >= 11 is 9.42. The number of carbonyl (C=O) groups excluding carboxylic acids is 9. The first kappa shape index (κ1) is 113. The predicted molar refractivity (Wildman–Crippen MR) is 570 cm³/mol. The summed E-state index contributed by atoms with van der Waals surface area (Å²) in [5, 5.41) is 64.4. The number of β-amino-alcohol motifs (C(OH)–C–C–N with tert-alkyl or cyclic N) is 4. The molecule has 148 heavy (non-hydrogen) atoms. The van der Waals surface area contributed by atoms with E-state index in [1.54, 1.807) is 68.7 Å². The minimum absolute atomic E-state index is 0.0231. The van der Waals surface area contributed by atoms with Gasteiger partial charge in [0.1, 0.15) is 53.0 Å². The van der Waals surface area contributed by atoms with E-state index < -0.39 is 72.4 Å². The molecule has 16 rings (SSSR count). The zero-order valence-electron chi connectivity index (χ0n) is 89.5. The van der Waals surface area contributed by atoms with Crippen molar-refractivity contribution in [1.29, 1.82) is 0 Å². The molecule has 0 bridgehead atoms. The molecule has 0 saturated carbocycles. The Bertz CT molecular complexity index is 6500. The van der Waals surface area contributed by atoms with Crippen LogP contribution in [-0.4, -0.2) is 209 Å². The highest BCUT2D eigenvalue weighted by Gasteiger charge is 2.50. The van der Waals surface area contributed by atoms with Gasteiger partial charge in [-0.05, 0) is 149 Å². The van der Waals surface area contributed by atoms with Crippen LogP contribution in [0, 0.1) is 45.4 Å². The van der Waals surface area contributed by atoms with Gasteiger partial charge in [-0.1, -0.05) is 255 Å². The highest BCUT2D eigenvalue weighted by Crippen LogP contribution is 2.42. The Labute approximate surface area is 881 Å². The number of ketones is 2. The minimum atomic E-state index is -0.828. The van der Waals surface area contributed by atoms with E-state index in [0.717, 1.165) is 99.5 Å². The molecule has 33 heteroatoms. The van der Waals surface area contributed by atoms with Gasteiger partial charge in [-0.3, -0.25) is 43.2 Å². The number of likely N-dealkylation sites (tertiary alicyclic amines) is 4. The zero-order chi connectivity index (χ0) is 108. The summed E-state index contributed by atoms with van der Waals surface area (Å²) in [6.07, 6.45) is 1.91. The molecule has 6 aromatic heterocycles. The lowest BCUT2D eigenvalue weighted by molar-refractivity contribution is -0.143. The number of hydrogen-bond donors (Lipinski definition) is 6. The van der Waals surface area contributed by atoms with E-state index in [-0.39, 0.29) is 151 Å². The molecule has 0 radical (unpaired) electrons. The lowest BCUT2D eigenvalue weighted by Crippen LogP contribution is -2.55. The van der Waals surface area contributed by atoms with E-state index in [0.29, 0.717) is 78.8 Å². The van der Waals surface area contributed by atoms with Crippen LogP contribution in [0.1, 0.15) is 295 Å². The third-order valence-electron chi connectivity index (χ3n) is 28.4. The van der Waals surface area contributed by atoms with Crippen molar-refractivity contribution in [2.75, 3.05) is 26.2 Å². The summed E-state index contributed by atoms with van der Waals surface area (Å²) < 4.78 is 21.8. The second-order valence-corrected chi connectivity index (χ2v) is 47.3. The zero-order valence-corrected chi connectivity index (χ0v) is 91.9. The number of nitrogens with one attached hydrogen (secondary N) is 2. The van der Waals surface area contributed by atoms with Gasteiger partial charge < -0.3 is 73.7 Å². The summed E-state index contributed by atoms with van der Waals surface area (Å²) in [6, 6.07) is 37.4. The average molecular weight is 2080 g/mol. The number of nitrogens with zero attached hydrogens (tertiary/aromatic N) is 11. The van der Waals surface area contributed by atoms with Gasteiger partial charge in [-0.2, -0.15) is 0 Å². The monoisotopic (exact) mass is 2080 g/mol. The molecule has 4 saturated heterocycles. The Balaban J connectivity index is 0.000000165. The molecule has 5 aliphatic rings. The van der Waals surface area contributed by atoms with Crippen LogP contribution in [0.5, 0.6) is 0 Å². The van der Waals surface area contributed by atoms with Crippen molar-refractivity contribution in [3.63, 3.8) is 0 Å². The topological polar surface area (TPSA) is 405 Å². The Morgan fingerprint density at radius 2 is 0.885 bits per heavy atom. The van der Waals surface area contributed by atoms with Crippen molar-refractivity contribution < 1.29 is 81.7 Å². The molecule has 4 fully saturated rings. The van der Waals surface area contributed by atoms with Gasteiger partial charge in [0.15, 0.2) is 11.6 Å². The van der Waals surface area contributed by atoms with Gasteiger partial charge in [-0.15, -0.1) is 22.7 Å². The number of aliphatic hydroxyl groups is 4. The Morgan fingerprint density at radius 1 is 0.466 bits per heavy atom. The molecular weight excluding hydrogens is 1930 g/mol. The molecule has 11 aromatic rings. The van der Waals surface area contributed by atoms with E-state index in [9.17, 15) is 63.6 Å². The first-order valence-electron chi connectivity index (χ1n) is 51.4. The van der Waals surface area contributed by atoms with Crippen molar-refractivity contribution in [3.05, 3.63) is 246 Å². The van der Waals surface area contributed by atoms with Crippen LogP contribution in [0.4, 0.5) is 0 Å². The number of aliphatic hydroxyl groups excluding tert-OH is 4. The molecule has 12 atom stereocenters. The summed E-state index contributed by atoms with van der Waals surface area (Å²) in [5.74, 6) is -1.50. The van der Waals surface area contributed by atoms with Crippen LogP contribution in [-0.2, 0) is 92.5 Å². The van der Waals surface area contributed by atoms with Crippen LogP contribution in [0.2, 0.25) is 5.02 Å². The highest BCUT2D eigenvalue weighted by atomic mass is 35.5. The van der Waals surface area contributed by atoms with E-state index in [4.69, 9.17) is 29.7 Å². The summed E-state index contributed by atoms with van der Waals surface area (Å²) in [4.78, 5) is 140. The first-order chi connectivity index (χ1) is 69.8. The van der Waals surface area contributed by atoms with E-state index >= 15 is 0 Å². The van der Waals surface area contributed by atoms with Gasteiger partial charge in [0.2, 0.25) is 35.4 Å². The fourth-order valence-corrected chi connectivity index (χ4v) is 22.1. The third kappa shape index (κ3) is 27.0. The number of halogens is 1. The number of rotatable bonds is 29. The quantitative estimate of drug-likeness (QED) is 0.0253. The fourth-order valence-electron chi connectivity index (χ4n) is 20.3. The number of benzene rings is 5. The van der Waals surface area contributed by atoms with Gasteiger partial charge >= 0.3 is 0 Å². The molecule has 0 spiro atoms. The maximum absolute atomic E-state index is 14.0. The molecule has 11 heterocycles. The van der Waals surface area contributed by atoms with Gasteiger partial charge in [-0.25, -0.2) is 9.97 Å². The maximum atomic E-state index is 14.0. The first-order valence-corrected chi connectivity index (χ1v) is 53.6. The predicted octanol–water partition coefficient (Wildman–Crippen LogP) is 18.5. The molecule has 7 amide bonds. The highest BCUT2D eigenvalue weighted by molar-refractivity contribution is 7.13. The number of aryl methyl sites for hydroxylation is 6. The van der Waals surface area contributed by atoms with Gasteiger partial charge in [0.25, 0.3) is 5.91 Å². The molecule has 0 aliphatic carbocycles. The van der Waals surface area contributed by atoms with Crippen molar-refractivity contribution in [3.8, 4) is 32.0 Å². The fraction of sp³-hybridized carbons (Fsp3) is 0.504. The molecule has 792 valence electrons. The lowest BCUT2D eigenvalue weighted by Gasteiger charge is -2.35. The summed E-state index contributed by atoms with van der Waals surface area (Å²) in [6.45, 7) is 47.5. The number of hydrogen-bond acceptors (Lipinski definition) is 25. The largest absolute Gasteiger partial charge is 0.391 e. The summed E-state index contributed by atoms with van der Waals surface area (Å²) in [7, 11) is 0. The Kier molecular flexibility index (Phi) is 36.6. The summed E-state index contributed by atoms with van der Waals surface area (Å²) in [5.41, 5.74) is 19.1. The van der Waals surface area contributed by atoms with Crippen LogP contribution in [0.15, 0.2) is 163 Å². The number of aromatic nitrogens is 6. The second kappa shape index (κ2) is 47.9. The molecular formula is C115H146ClN13O17S2. The molecule has 30 nitrogen and oxygen atoms in total. The van der Waals surface area contributed by atoms with Crippen molar-refractivity contribution in [1.82, 2.24) is 65.7 Å². The standard InChI is InChI=1S/C33H40N4O5.C29H37N3O4S.C28H35N3O4S.C25H34ClN3O4/c1-19(2)29(37-17-23-9-7-8-10-25(23)31(37)40)32(41)36-18-24(38)14-28(36)30(39)34-15-22-12-11-21(13-27(22)33(4,5)6)26-16-35-42-20(26)3;1-17(2)26(24-14-25(31-36-24)29(4,5)6)28(35)32-15-21(33)13-22(32)23(34)12-9-19-7-10-20(11-8-19)27-18(3)30-16-37-27;1-6-21(24-14-25(30-35-24)28(3,4)5)27(34)31-15-20(32)13-22(31)23(33)12-9-18-7-10-19(11-8-18)26-17(2)29-16-36-26;1-14(2)22(21-9-15(3)28-33-21)24(32)29-13-18(30)11-20(29)23(31)27-12-16-7-8-17(26)10-19(16)25(4,5)6/h7-13,16,19,24,28-29,38H,14-15,17-18H2,1-6H3,(H,34,39);7-8,10-11,14,16-17,21-22,26,33H,9,12-13,15H2,1-6H3;7-8,10-11,14,16,20-22,32H,6,9,12-13,15H2,1-5H3;7-10,14,18,20,22,30H,11-13H2,1-6H3,(H,27,31). The minimum Gasteiger partial charge on any atom is -0.391 e. The Hall–Kier alpha value is -12.0. The number of amides is 7. The van der Waals surface area contributed by atoms with Crippen LogP contribution in [0.3, 0.4) is 0 Å². The van der Waals surface area contributed by atoms with Gasteiger partial charge in [0, 0.05) is 130 Å². The smallest absolute Gasteiger partial charge is 0.255 e. The van der Waals surface area contributed by atoms with Crippen LogP contribution in [0.25, 0.3) is 32.0 Å². The molecule has 6 N–H and O–H groups in total. The number of carbonyl (C=O) groups is 9. The Morgan fingerprint density at radius 3 is 1.30 bits per heavy atom. The lowest BCUT2D eigenvalue weighted by atomic mass is 9.82. The number of Topliss-reactive ketones (excluding diaryl/α,β-unsaturated/α-hetero) is 2. The van der Waals surface area contributed by atoms with Crippen molar-refractivity contribution >= 4 is 87.2 Å².